The predicted molar refractivity (Wildman–Crippen MR) is 93.7 cm³/mol. The van der Waals surface area contributed by atoms with Crippen LogP contribution in [0.3, 0.4) is 0 Å². The van der Waals surface area contributed by atoms with Crippen LogP contribution >= 0.6 is 15.9 Å². The molecule has 0 aromatic heterocycles. The first kappa shape index (κ1) is 19.2. The lowest BCUT2D eigenvalue weighted by molar-refractivity contribution is 0.0328. The van der Waals surface area contributed by atoms with Gasteiger partial charge in [-0.3, -0.25) is 0 Å². The largest absolute Gasteiger partial charge is 0.443 e. The van der Waals surface area contributed by atoms with E-state index in [0.717, 1.165) is 14.9 Å². The molecule has 0 saturated heterocycles. The number of nitrogens with one attached hydrogen (secondary N) is 1. The fraction of sp³-hybridized carbons (Fsp3) is 0.375. The summed E-state index contributed by atoms with van der Waals surface area (Å²) in [4.78, 5) is 25.1. The molecule has 23 heavy (non-hydrogen) atoms. The Kier molecular flexibility index (Phi) is 7.25. The Morgan fingerprint density at radius 3 is 2.57 bits per heavy atom. The molecule has 3 amide bonds. The van der Waals surface area contributed by atoms with Crippen molar-refractivity contribution in [3.05, 3.63) is 40.5 Å². The van der Waals surface area contributed by atoms with Crippen LogP contribution < -0.4 is 11.1 Å². The maximum absolute atomic E-state index is 12.1. The number of urea groups is 1. The lowest BCUT2D eigenvalue weighted by Crippen LogP contribution is -2.46. The molecule has 0 aliphatic carbocycles. The number of amides is 3. The van der Waals surface area contributed by atoms with E-state index in [-0.39, 0.29) is 13.1 Å². The van der Waals surface area contributed by atoms with Gasteiger partial charge in [0, 0.05) is 23.8 Å². The lowest BCUT2D eigenvalue weighted by atomic mass is 10.2. The highest BCUT2D eigenvalue weighted by Gasteiger charge is 2.26. The van der Waals surface area contributed by atoms with Gasteiger partial charge >= 0.3 is 12.1 Å². The second-order valence-corrected chi connectivity index (χ2v) is 6.58. The van der Waals surface area contributed by atoms with Crippen LogP contribution in [-0.2, 0) is 4.74 Å². The van der Waals surface area contributed by atoms with Gasteiger partial charge in [0.05, 0.1) is 0 Å². The van der Waals surface area contributed by atoms with E-state index >= 15 is 0 Å². The molecule has 0 fully saturated rings. The summed E-state index contributed by atoms with van der Waals surface area (Å²) in [5.41, 5.74) is 5.67. The number of halogens is 1. The van der Waals surface area contributed by atoms with Crippen molar-refractivity contribution in [2.75, 3.05) is 13.1 Å². The summed E-state index contributed by atoms with van der Waals surface area (Å²) in [6, 6.07) is 6.97. The van der Waals surface area contributed by atoms with Crippen LogP contribution in [0, 0.1) is 0 Å². The maximum atomic E-state index is 12.1. The van der Waals surface area contributed by atoms with E-state index in [9.17, 15) is 9.59 Å². The van der Waals surface area contributed by atoms with E-state index < -0.39 is 17.7 Å². The normalized spacial score (nSPS) is 11.3. The zero-order chi connectivity index (χ0) is 17.5. The van der Waals surface area contributed by atoms with Gasteiger partial charge in [0.1, 0.15) is 5.60 Å². The van der Waals surface area contributed by atoms with Crippen molar-refractivity contribution < 1.29 is 14.3 Å². The molecule has 0 heterocycles. The van der Waals surface area contributed by atoms with Crippen molar-refractivity contribution in [2.45, 2.75) is 26.4 Å². The molecule has 0 unspecified atom stereocenters. The van der Waals surface area contributed by atoms with E-state index in [1.165, 1.54) is 6.20 Å². The summed E-state index contributed by atoms with van der Waals surface area (Å²) in [6.07, 6.45) is 2.46. The molecule has 1 aromatic rings. The summed E-state index contributed by atoms with van der Waals surface area (Å²) in [7, 11) is 0. The van der Waals surface area contributed by atoms with Crippen LogP contribution in [0.15, 0.2) is 34.9 Å². The highest BCUT2D eigenvalue weighted by molar-refractivity contribution is 9.10. The summed E-state index contributed by atoms with van der Waals surface area (Å²) in [5.74, 6) is 0. The number of benzene rings is 1. The fourth-order valence-electron chi connectivity index (χ4n) is 1.61. The van der Waals surface area contributed by atoms with Gasteiger partial charge in [0.15, 0.2) is 0 Å². The number of carbonyl (C=O) groups excluding carboxylic acids is 2. The van der Waals surface area contributed by atoms with Crippen molar-refractivity contribution in [2.24, 2.45) is 5.73 Å². The quantitative estimate of drug-likeness (QED) is 0.834. The van der Waals surface area contributed by atoms with Crippen molar-refractivity contribution in [1.29, 1.82) is 0 Å². The lowest BCUT2D eigenvalue weighted by Gasteiger charge is -2.25. The minimum Gasteiger partial charge on any atom is -0.443 e. The van der Waals surface area contributed by atoms with Crippen molar-refractivity contribution in [3.63, 3.8) is 0 Å². The zero-order valence-corrected chi connectivity index (χ0v) is 15.1. The second kappa shape index (κ2) is 8.69. The van der Waals surface area contributed by atoms with Crippen LogP contribution in [0.4, 0.5) is 9.59 Å². The molecule has 0 bridgehead atoms. The number of ether oxygens (including phenoxy) is 1. The van der Waals surface area contributed by atoms with Gasteiger partial charge in [-0.05, 0) is 38.5 Å². The van der Waals surface area contributed by atoms with E-state index in [1.54, 1.807) is 26.8 Å². The molecule has 0 radical (unpaired) electrons. The van der Waals surface area contributed by atoms with Crippen molar-refractivity contribution in [3.8, 4) is 0 Å². The highest BCUT2D eigenvalue weighted by Crippen LogP contribution is 2.16. The van der Waals surface area contributed by atoms with E-state index in [2.05, 4.69) is 21.2 Å². The molecule has 0 aliphatic rings. The van der Waals surface area contributed by atoms with Crippen LogP contribution in [0.5, 0.6) is 0 Å². The number of hydrogen-bond acceptors (Lipinski definition) is 4. The average molecular weight is 384 g/mol. The smallest absolute Gasteiger partial charge is 0.418 e. The van der Waals surface area contributed by atoms with Gasteiger partial charge in [0.25, 0.3) is 0 Å². The molecular formula is C16H22BrN3O3. The highest BCUT2D eigenvalue weighted by atomic mass is 79.9. The van der Waals surface area contributed by atoms with Crippen LogP contribution in [0.25, 0.3) is 6.08 Å². The molecule has 0 spiro atoms. The van der Waals surface area contributed by atoms with Crippen LogP contribution in [-0.4, -0.2) is 35.7 Å². The Hall–Kier alpha value is -1.86. The predicted octanol–water partition coefficient (Wildman–Crippen LogP) is 3.33. The number of nitrogens with zero attached hydrogens (tertiary/aromatic N) is 1. The molecule has 3 N–H and O–H groups in total. The number of hydrogen-bond donors (Lipinski definition) is 2. The average Bonchev–Trinajstić information content (AvgIpc) is 2.44. The number of nitrogens with two attached hydrogens (primary N) is 1. The molecular weight excluding hydrogens is 362 g/mol. The Balaban J connectivity index is 2.71. The first-order valence-corrected chi connectivity index (χ1v) is 7.96. The third-order valence-electron chi connectivity index (χ3n) is 2.59. The molecule has 1 aromatic carbocycles. The summed E-state index contributed by atoms with van der Waals surface area (Å²) >= 11 is 3.41. The topological polar surface area (TPSA) is 84.7 Å². The summed E-state index contributed by atoms with van der Waals surface area (Å²) in [5, 5.41) is 2.54. The molecule has 1 rings (SSSR count). The summed E-state index contributed by atoms with van der Waals surface area (Å²) in [6.45, 7) is 5.42. The van der Waals surface area contributed by atoms with Gasteiger partial charge in [-0.2, -0.15) is 0 Å². The van der Waals surface area contributed by atoms with Gasteiger partial charge < -0.3 is 15.8 Å². The first-order chi connectivity index (χ1) is 10.7. The molecule has 0 atom stereocenters. The van der Waals surface area contributed by atoms with Crippen molar-refractivity contribution in [1.82, 2.24) is 10.2 Å². The molecule has 0 aliphatic heterocycles. The molecule has 6 nitrogen and oxygen atoms in total. The molecule has 7 heteroatoms. The number of carbonyl (C=O) groups is 2. The standard InChI is InChI=1S/C16H22BrN3O3/c1-16(2,3)23-15(22)20(11-9-18)14(21)19-10-8-12-6-4-5-7-13(12)17/h4-8,10H,9,11,18H2,1-3H3,(H,19,21)/b10-8+. The van der Waals surface area contributed by atoms with Crippen LogP contribution in [0.2, 0.25) is 0 Å². The van der Waals surface area contributed by atoms with Gasteiger partial charge in [-0.25, -0.2) is 14.5 Å². The number of imide groups is 1. The SMILES string of the molecule is CC(C)(C)OC(=O)N(CCN)C(=O)N/C=C/c1ccccc1Br. The first-order valence-electron chi connectivity index (χ1n) is 7.17. The summed E-state index contributed by atoms with van der Waals surface area (Å²) < 4.78 is 6.10. The van der Waals surface area contributed by atoms with E-state index in [1.807, 2.05) is 24.3 Å². The Bertz CT molecular complexity index is 582. The third kappa shape index (κ3) is 6.83. The zero-order valence-electron chi connectivity index (χ0n) is 13.5. The van der Waals surface area contributed by atoms with Crippen molar-refractivity contribution >= 4 is 34.1 Å². The second-order valence-electron chi connectivity index (χ2n) is 5.72. The minimum atomic E-state index is -0.727. The molecule has 0 saturated carbocycles. The third-order valence-corrected chi connectivity index (χ3v) is 3.31. The van der Waals surface area contributed by atoms with Gasteiger partial charge in [-0.1, -0.05) is 34.1 Å². The number of rotatable bonds is 4. The van der Waals surface area contributed by atoms with E-state index in [0.29, 0.717) is 0 Å². The Labute approximate surface area is 144 Å². The van der Waals surface area contributed by atoms with Gasteiger partial charge in [0.2, 0.25) is 0 Å². The van der Waals surface area contributed by atoms with Gasteiger partial charge in [-0.15, -0.1) is 0 Å². The Morgan fingerprint density at radius 2 is 2.00 bits per heavy atom. The maximum Gasteiger partial charge on any atom is 0.418 e. The fourth-order valence-corrected chi connectivity index (χ4v) is 2.03. The minimum absolute atomic E-state index is 0.0730. The monoisotopic (exact) mass is 383 g/mol. The Morgan fingerprint density at radius 1 is 1.35 bits per heavy atom. The van der Waals surface area contributed by atoms with Crippen LogP contribution in [0.1, 0.15) is 26.3 Å². The van der Waals surface area contributed by atoms with E-state index in [4.69, 9.17) is 10.5 Å². The molecule has 126 valence electrons.